The summed E-state index contributed by atoms with van der Waals surface area (Å²) < 4.78 is 0. The van der Waals surface area contributed by atoms with Crippen molar-refractivity contribution in [3.63, 3.8) is 0 Å². The summed E-state index contributed by atoms with van der Waals surface area (Å²) in [6.07, 6.45) is 1.98. The topological polar surface area (TPSA) is 62.2 Å². The summed E-state index contributed by atoms with van der Waals surface area (Å²) in [4.78, 5) is 15.8. The van der Waals surface area contributed by atoms with Crippen LogP contribution in [0.5, 0.6) is 0 Å². The van der Waals surface area contributed by atoms with Gasteiger partial charge in [0.25, 0.3) is 5.91 Å². The monoisotopic (exact) mass is 256 g/mol. The van der Waals surface area contributed by atoms with E-state index in [-0.39, 0.29) is 24.5 Å². The van der Waals surface area contributed by atoms with Gasteiger partial charge in [-0.2, -0.15) is 0 Å². The van der Waals surface area contributed by atoms with Crippen molar-refractivity contribution in [1.29, 1.82) is 0 Å². The van der Waals surface area contributed by atoms with Crippen LogP contribution in [0.15, 0.2) is 18.3 Å². The minimum absolute atomic E-state index is 0.0509. The Labute approximate surface area is 106 Å². The summed E-state index contributed by atoms with van der Waals surface area (Å²) >= 11 is 5.70. The maximum Gasteiger partial charge on any atom is 0.270 e. The van der Waals surface area contributed by atoms with Gasteiger partial charge in [0, 0.05) is 18.8 Å². The SMILES string of the molecule is CC(C)C(CCO)NC(=O)c1ccc(Cl)cn1. The number of pyridine rings is 1. The zero-order valence-corrected chi connectivity index (χ0v) is 10.7. The molecule has 0 aromatic carbocycles. The fraction of sp³-hybridized carbons (Fsp3) is 0.500. The number of aliphatic hydroxyl groups excluding tert-OH is 1. The molecule has 4 nitrogen and oxygen atoms in total. The Hall–Kier alpha value is -1.13. The number of nitrogens with one attached hydrogen (secondary N) is 1. The number of carbonyl (C=O) groups excluding carboxylic acids is 1. The van der Waals surface area contributed by atoms with E-state index >= 15 is 0 Å². The number of carbonyl (C=O) groups is 1. The summed E-state index contributed by atoms with van der Waals surface area (Å²) in [6.45, 7) is 4.04. The lowest BCUT2D eigenvalue weighted by atomic mass is 10.0. The van der Waals surface area contributed by atoms with Crippen LogP contribution in [-0.4, -0.2) is 28.6 Å². The minimum Gasteiger partial charge on any atom is -0.396 e. The van der Waals surface area contributed by atoms with Crippen molar-refractivity contribution in [1.82, 2.24) is 10.3 Å². The molecule has 0 saturated carbocycles. The molecule has 17 heavy (non-hydrogen) atoms. The molecule has 1 heterocycles. The number of nitrogens with zero attached hydrogens (tertiary/aromatic N) is 1. The summed E-state index contributed by atoms with van der Waals surface area (Å²) in [6, 6.07) is 3.15. The third-order valence-corrected chi connectivity index (χ3v) is 2.74. The average molecular weight is 257 g/mol. The zero-order chi connectivity index (χ0) is 12.8. The second-order valence-electron chi connectivity index (χ2n) is 4.20. The highest BCUT2D eigenvalue weighted by molar-refractivity contribution is 6.30. The first kappa shape index (κ1) is 13.9. The van der Waals surface area contributed by atoms with E-state index in [0.717, 1.165) is 0 Å². The first-order valence-electron chi connectivity index (χ1n) is 5.58. The van der Waals surface area contributed by atoms with Crippen LogP contribution < -0.4 is 5.32 Å². The van der Waals surface area contributed by atoms with Gasteiger partial charge in [-0.05, 0) is 24.5 Å². The Morgan fingerprint density at radius 2 is 2.24 bits per heavy atom. The molecule has 0 radical (unpaired) electrons. The van der Waals surface area contributed by atoms with Gasteiger partial charge in [0.15, 0.2) is 0 Å². The first-order valence-corrected chi connectivity index (χ1v) is 5.95. The van der Waals surface area contributed by atoms with Crippen molar-refractivity contribution >= 4 is 17.5 Å². The van der Waals surface area contributed by atoms with Crippen molar-refractivity contribution < 1.29 is 9.90 Å². The Morgan fingerprint density at radius 3 is 2.71 bits per heavy atom. The molecule has 1 atom stereocenters. The predicted octanol–water partition coefficient (Wildman–Crippen LogP) is 1.87. The Kier molecular flexibility index (Phi) is 5.38. The lowest BCUT2D eigenvalue weighted by Gasteiger charge is -2.21. The molecule has 0 aliphatic heterocycles. The van der Waals surface area contributed by atoms with Gasteiger partial charge in [-0.25, -0.2) is 4.98 Å². The lowest BCUT2D eigenvalue weighted by molar-refractivity contribution is 0.0911. The fourth-order valence-electron chi connectivity index (χ4n) is 1.46. The third-order valence-electron chi connectivity index (χ3n) is 2.52. The lowest BCUT2D eigenvalue weighted by Crippen LogP contribution is -2.39. The van der Waals surface area contributed by atoms with Crippen LogP contribution in [0, 0.1) is 5.92 Å². The summed E-state index contributed by atoms with van der Waals surface area (Å²) in [5.41, 5.74) is 0.331. The molecular formula is C12H17ClN2O2. The van der Waals surface area contributed by atoms with Gasteiger partial charge in [-0.3, -0.25) is 4.79 Å². The minimum atomic E-state index is -0.242. The molecule has 0 aliphatic carbocycles. The van der Waals surface area contributed by atoms with E-state index in [1.807, 2.05) is 13.8 Å². The smallest absolute Gasteiger partial charge is 0.270 e. The number of halogens is 1. The van der Waals surface area contributed by atoms with Crippen LogP contribution in [0.4, 0.5) is 0 Å². The molecule has 1 unspecified atom stereocenters. The van der Waals surface area contributed by atoms with Gasteiger partial charge < -0.3 is 10.4 Å². The Morgan fingerprint density at radius 1 is 1.53 bits per heavy atom. The maximum absolute atomic E-state index is 11.8. The normalized spacial score (nSPS) is 12.5. The molecule has 0 spiro atoms. The fourth-order valence-corrected chi connectivity index (χ4v) is 1.58. The predicted molar refractivity (Wildman–Crippen MR) is 67.0 cm³/mol. The van der Waals surface area contributed by atoms with E-state index in [1.165, 1.54) is 6.20 Å². The van der Waals surface area contributed by atoms with E-state index in [9.17, 15) is 4.79 Å². The van der Waals surface area contributed by atoms with Crippen LogP contribution in [0.3, 0.4) is 0 Å². The number of aromatic nitrogens is 1. The van der Waals surface area contributed by atoms with Crippen molar-refractivity contribution in [2.45, 2.75) is 26.3 Å². The summed E-state index contributed by atoms with van der Waals surface area (Å²) in [5, 5.41) is 12.3. The van der Waals surface area contributed by atoms with Gasteiger partial charge in [0.2, 0.25) is 0 Å². The van der Waals surface area contributed by atoms with Crippen LogP contribution in [0.25, 0.3) is 0 Å². The molecular weight excluding hydrogens is 240 g/mol. The number of rotatable bonds is 5. The molecule has 0 bridgehead atoms. The van der Waals surface area contributed by atoms with Gasteiger partial charge in [-0.1, -0.05) is 25.4 Å². The molecule has 2 N–H and O–H groups in total. The zero-order valence-electron chi connectivity index (χ0n) is 9.98. The molecule has 0 saturated heterocycles. The maximum atomic E-state index is 11.8. The number of amides is 1. The quantitative estimate of drug-likeness (QED) is 0.846. The van der Waals surface area contributed by atoms with Crippen LogP contribution >= 0.6 is 11.6 Å². The number of hydrogen-bond donors (Lipinski definition) is 2. The van der Waals surface area contributed by atoms with Gasteiger partial charge >= 0.3 is 0 Å². The van der Waals surface area contributed by atoms with Gasteiger partial charge in [0.1, 0.15) is 5.69 Å². The van der Waals surface area contributed by atoms with Gasteiger partial charge in [0.05, 0.1) is 5.02 Å². The molecule has 1 amide bonds. The highest BCUT2D eigenvalue weighted by atomic mass is 35.5. The second kappa shape index (κ2) is 6.57. The second-order valence-corrected chi connectivity index (χ2v) is 4.63. The van der Waals surface area contributed by atoms with Gasteiger partial charge in [-0.15, -0.1) is 0 Å². The highest BCUT2D eigenvalue weighted by Crippen LogP contribution is 2.09. The van der Waals surface area contributed by atoms with Crippen molar-refractivity contribution in [2.24, 2.45) is 5.92 Å². The highest BCUT2D eigenvalue weighted by Gasteiger charge is 2.17. The van der Waals surface area contributed by atoms with E-state index in [0.29, 0.717) is 17.1 Å². The van der Waals surface area contributed by atoms with Crippen molar-refractivity contribution in [2.75, 3.05) is 6.61 Å². The van der Waals surface area contributed by atoms with E-state index in [4.69, 9.17) is 16.7 Å². The Bertz CT molecular complexity index is 365. The van der Waals surface area contributed by atoms with E-state index in [1.54, 1.807) is 12.1 Å². The van der Waals surface area contributed by atoms with Crippen molar-refractivity contribution in [3.05, 3.63) is 29.0 Å². The largest absolute Gasteiger partial charge is 0.396 e. The van der Waals surface area contributed by atoms with Crippen LogP contribution in [0.1, 0.15) is 30.8 Å². The summed E-state index contributed by atoms with van der Waals surface area (Å²) in [5.74, 6) is 0.0206. The van der Waals surface area contributed by atoms with E-state index < -0.39 is 0 Å². The molecule has 5 heteroatoms. The standard InChI is InChI=1S/C12H17ClN2O2/c1-8(2)10(5-6-16)15-12(17)11-4-3-9(13)7-14-11/h3-4,7-8,10,16H,5-6H2,1-2H3,(H,15,17). The summed E-state index contributed by atoms with van der Waals surface area (Å²) in [7, 11) is 0. The third kappa shape index (κ3) is 4.32. The average Bonchev–Trinajstić information content (AvgIpc) is 2.29. The number of aliphatic hydroxyl groups is 1. The number of hydrogen-bond acceptors (Lipinski definition) is 3. The molecule has 94 valence electrons. The molecule has 1 rings (SSSR count). The molecule has 0 fully saturated rings. The van der Waals surface area contributed by atoms with Crippen LogP contribution in [0.2, 0.25) is 5.02 Å². The first-order chi connectivity index (χ1) is 8.04. The van der Waals surface area contributed by atoms with E-state index in [2.05, 4.69) is 10.3 Å². The molecule has 1 aromatic rings. The van der Waals surface area contributed by atoms with Crippen molar-refractivity contribution in [3.8, 4) is 0 Å². The van der Waals surface area contributed by atoms with Crippen LogP contribution in [-0.2, 0) is 0 Å². The molecule has 1 aromatic heterocycles. The molecule has 0 aliphatic rings. The Balaban J connectivity index is 2.66.